The number of rotatable bonds is 4. The van der Waals surface area contributed by atoms with Gasteiger partial charge in [0.25, 0.3) is 0 Å². The molecular formula is C15H24N2O. The molecule has 1 aromatic rings. The second kappa shape index (κ2) is 6.21. The van der Waals surface area contributed by atoms with Crippen LogP contribution in [0.3, 0.4) is 0 Å². The lowest BCUT2D eigenvalue weighted by molar-refractivity contribution is 0.266. The van der Waals surface area contributed by atoms with Crippen LogP contribution in [0.15, 0.2) is 24.3 Å². The number of hydrogen-bond acceptors (Lipinski definition) is 3. The maximum atomic E-state index is 9.21. The van der Waals surface area contributed by atoms with E-state index in [-0.39, 0.29) is 6.61 Å². The number of hydrogen-bond donors (Lipinski definition) is 2. The van der Waals surface area contributed by atoms with E-state index in [1.54, 1.807) is 0 Å². The molecule has 2 rings (SSSR count). The lowest BCUT2D eigenvalue weighted by atomic mass is 9.98. The molecule has 2 N–H and O–H groups in total. The number of aliphatic hydroxyl groups is 1. The van der Waals surface area contributed by atoms with Gasteiger partial charge in [-0.2, -0.15) is 0 Å². The van der Waals surface area contributed by atoms with Crippen LogP contribution in [0, 0.1) is 0 Å². The predicted molar refractivity (Wildman–Crippen MR) is 76.2 cm³/mol. The summed E-state index contributed by atoms with van der Waals surface area (Å²) in [7, 11) is 0. The van der Waals surface area contributed by atoms with Crippen molar-refractivity contribution in [2.24, 2.45) is 0 Å². The Labute approximate surface area is 110 Å². The summed E-state index contributed by atoms with van der Waals surface area (Å²) in [6, 6.07) is 9.06. The van der Waals surface area contributed by atoms with Crippen LogP contribution >= 0.6 is 0 Å². The number of aliphatic hydroxyl groups excluding tert-OH is 1. The lowest BCUT2D eigenvalue weighted by Gasteiger charge is -2.39. The van der Waals surface area contributed by atoms with Crippen LogP contribution in [-0.2, 0) is 0 Å². The highest BCUT2D eigenvalue weighted by molar-refractivity contribution is 5.56. The smallest absolute Gasteiger partial charge is 0.0451 e. The summed E-state index contributed by atoms with van der Waals surface area (Å²) in [6.45, 7) is 7.74. The molecule has 100 valence electrons. The largest absolute Gasteiger partial charge is 0.396 e. The van der Waals surface area contributed by atoms with Gasteiger partial charge in [0, 0.05) is 38.0 Å². The first kappa shape index (κ1) is 13.4. The predicted octanol–water partition coefficient (Wildman–Crippen LogP) is 1.97. The SMILES string of the molecule is CC(C)c1ccccc1N1CCNCC1CCO. The summed E-state index contributed by atoms with van der Waals surface area (Å²) in [5.41, 5.74) is 2.75. The third kappa shape index (κ3) is 2.85. The Morgan fingerprint density at radius 2 is 2.17 bits per heavy atom. The van der Waals surface area contributed by atoms with Crippen molar-refractivity contribution in [3.8, 4) is 0 Å². The number of nitrogens with zero attached hydrogens (tertiary/aromatic N) is 1. The first-order valence-corrected chi connectivity index (χ1v) is 6.91. The third-order valence-electron chi connectivity index (χ3n) is 3.68. The summed E-state index contributed by atoms with van der Waals surface area (Å²) in [6.07, 6.45) is 0.833. The van der Waals surface area contributed by atoms with Gasteiger partial charge in [-0.05, 0) is 24.0 Å². The zero-order valence-electron chi connectivity index (χ0n) is 11.4. The molecule has 1 heterocycles. The summed E-state index contributed by atoms with van der Waals surface area (Å²) in [5.74, 6) is 0.533. The number of para-hydroxylation sites is 1. The molecule has 1 aromatic carbocycles. The van der Waals surface area contributed by atoms with E-state index in [2.05, 4.69) is 48.3 Å². The van der Waals surface area contributed by atoms with Gasteiger partial charge in [-0.25, -0.2) is 0 Å². The van der Waals surface area contributed by atoms with Gasteiger partial charge in [0.2, 0.25) is 0 Å². The zero-order valence-corrected chi connectivity index (χ0v) is 11.4. The van der Waals surface area contributed by atoms with Crippen molar-refractivity contribution in [3.05, 3.63) is 29.8 Å². The Morgan fingerprint density at radius 1 is 1.39 bits per heavy atom. The maximum absolute atomic E-state index is 9.21. The Hall–Kier alpha value is -1.06. The van der Waals surface area contributed by atoms with Gasteiger partial charge in [-0.1, -0.05) is 32.0 Å². The normalized spacial score (nSPS) is 20.4. The van der Waals surface area contributed by atoms with Crippen LogP contribution in [0.2, 0.25) is 0 Å². The molecule has 1 saturated heterocycles. The highest BCUT2D eigenvalue weighted by Gasteiger charge is 2.23. The fraction of sp³-hybridized carbons (Fsp3) is 0.600. The van der Waals surface area contributed by atoms with E-state index in [0.717, 1.165) is 26.1 Å². The van der Waals surface area contributed by atoms with Crippen molar-refractivity contribution in [3.63, 3.8) is 0 Å². The average Bonchev–Trinajstić information content (AvgIpc) is 2.40. The van der Waals surface area contributed by atoms with E-state index in [9.17, 15) is 5.11 Å². The highest BCUT2D eigenvalue weighted by Crippen LogP contribution is 2.29. The molecule has 1 unspecified atom stereocenters. The van der Waals surface area contributed by atoms with Crippen LogP contribution < -0.4 is 10.2 Å². The van der Waals surface area contributed by atoms with Gasteiger partial charge >= 0.3 is 0 Å². The lowest BCUT2D eigenvalue weighted by Crippen LogP contribution is -2.52. The highest BCUT2D eigenvalue weighted by atomic mass is 16.3. The van der Waals surface area contributed by atoms with E-state index in [1.807, 2.05) is 0 Å². The molecule has 3 nitrogen and oxygen atoms in total. The minimum Gasteiger partial charge on any atom is -0.396 e. The monoisotopic (exact) mass is 248 g/mol. The second-order valence-electron chi connectivity index (χ2n) is 5.28. The van der Waals surface area contributed by atoms with Gasteiger partial charge in [-0.15, -0.1) is 0 Å². The van der Waals surface area contributed by atoms with Crippen LogP contribution in [0.25, 0.3) is 0 Å². The quantitative estimate of drug-likeness (QED) is 0.855. The summed E-state index contributed by atoms with van der Waals surface area (Å²) in [5, 5.41) is 12.6. The molecular weight excluding hydrogens is 224 g/mol. The van der Waals surface area contributed by atoms with Crippen molar-refractivity contribution in [1.82, 2.24) is 5.32 Å². The van der Waals surface area contributed by atoms with Crippen molar-refractivity contribution in [2.45, 2.75) is 32.2 Å². The van der Waals surface area contributed by atoms with Crippen LogP contribution in [-0.4, -0.2) is 37.4 Å². The van der Waals surface area contributed by atoms with Crippen molar-refractivity contribution in [2.75, 3.05) is 31.1 Å². The molecule has 0 amide bonds. The number of benzene rings is 1. The molecule has 0 aliphatic carbocycles. The minimum absolute atomic E-state index is 0.257. The first-order valence-electron chi connectivity index (χ1n) is 6.91. The van der Waals surface area contributed by atoms with Crippen LogP contribution in [0.1, 0.15) is 31.7 Å². The first-order chi connectivity index (χ1) is 8.74. The van der Waals surface area contributed by atoms with Gasteiger partial charge in [-0.3, -0.25) is 0 Å². The average molecular weight is 248 g/mol. The maximum Gasteiger partial charge on any atom is 0.0451 e. The van der Waals surface area contributed by atoms with Gasteiger partial charge in [0.1, 0.15) is 0 Å². The molecule has 18 heavy (non-hydrogen) atoms. The minimum atomic E-state index is 0.257. The Kier molecular flexibility index (Phi) is 4.61. The number of anilines is 1. The van der Waals surface area contributed by atoms with Gasteiger partial charge in [0.05, 0.1) is 0 Å². The molecule has 1 aliphatic heterocycles. The molecule has 0 saturated carbocycles. The molecule has 0 radical (unpaired) electrons. The summed E-state index contributed by atoms with van der Waals surface area (Å²) >= 11 is 0. The fourth-order valence-corrected chi connectivity index (χ4v) is 2.72. The number of nitrogens with one attached hydrogen (secondary N) is 1. The zero-order chi connectivity index (χ0) is 13.0. The van der Waals surface area contributed by atoms with Crippen molar-refractivity contribution >= 4 is 5.69 Å². The van der Waals surface area contributed by atoms with E-state index in [4.69, 9.17) is 0 Å². The standard InChI is InChI=1S/C15H24N2O/c1-12(2)14-5-3-4-6-15(14)17-9-8-16-11-13(17)7-10-18/h3-6,12-13,16,18H,7-11H2,1-2H3. The molecule has 0 aromatic heterocycles. The Morgan fingerprint density at radius 3 is 2.89 bits per heavy atom. The van der Waals surface area contributed by atoms with E-state index in [1.165, 1.54) is 11.3 Å². The van der Waals surface area contributed by atoms with Gasteiger partial charge in [0.15, 0.2) is 0 Å². The van der Waals surface area contributed by atoms with Gasteiger partial charge < -0.3 is 15.3 Å². The second-order valence-corrected chi connectivity index (χ2v) is 5.28. The summed E-state index contributed by atoms with van der Waals surface area (Å²) in [4.78, 5) is 2.46. The molecule has 1 atom stereocenters. The molecule has 3 heteroatoms. The summed E-state index contributed by atoms with van der Waals surface area (Å²) < 4.78 is 0. The Bertz CT molecular complexity index is 377. The fourth-order valence-electron chi connectivity index (χ4n) is 2.72. The molecule has 0 bridgehead atoms. The van der Waals surface area contributed by atoms with Crippen LogP contribution in [0.5, 0.6) is 0 Å². The molecule has 0 spiro atoms. The van der Waals surface area contributed by atoms with E-state index < -0.39 is 0 Å². The van der Waals surface area contributed by atoms with Crippen LogP contribution in [0.4, 0.5) is 5.69 Å². The number of piperazine rings is 1. The van der Waals surface area contributed by atoms with Crippen molar-refractivity contribution in [1.29, 1.82) is 0 Å². The van der Waals surface area contributed by atoms with E-state index >= 15 is 0 Å². The van der Waals surface area contributed by atoms with Crippen molar-refractivity contribution < 1.29 is 5.11 Å². The molecule has 1 aliphatic rings. The van der Waals surface area contributed by atoms with E-state index in [0.29, 0.717) is 12.0 Å². The Balaban J connectivity index is 2.27. The topological polar surface area (TPSA) is 35.5 Å². The molecule has 1 fully saturated rings. The third-order valence-corrected chi connectivity index (χ3v) is 3.68.